The smallest absolute Gasteiger partial charge is 0.128 e. The van der Waals surface area contributed by atoms with Crippen molar-refractivity contribution in [3.63, 3.8) is 0 Å². The van der Waals surface area contributed by atoms with E-state index in [9.17, 15) is 0 Å². The van der Waals surface area contributed by atoms with Crippen molar-refractivity contribution in [2.45, 2.75) is 32.4 Å². The van der Waals surface area contributed by atoms with Crippen LogP contribution in [-0.2, 0) is 4.74 Å². The molecule has 1 aromatic rings. The summed E-state index contributed by atoms with van der Waals surface area (Å²) in [5.74, 6) is 1.02. The topological polar surface area (TPSA) is 51.4 Å². The predicted octanol–water partition coefficient (Wildman–Crippen LogP) is 1.72. The lowest BCUT2D eigenvalue weighted by Gasteiger charge is -2.23. The number of nitrogens with zero attached hydrogens (tertiary/aromatic N) is 2. The van der Waals surface area contributed by atoms with Crippen LogP contribution in [0.2, 0.25) is 0 Å². The standard InChI is InChI=1S/C13H21N3O/c1-10-9-16(6-3-7-17-10)13-5-4-12(8-15-13)11(2)14/h4-5,8,10-11H,3,6-7,9,14H2,1-2H3/t10?,11-/m1/s1. The van der Waals surface area contributed by atoms with Gasteiger partial charge in [0, 0.05) is 31.9 Å². The molecule has 0 radical (unpaired) electrons. The molecule has 1 saturated heterocycles. The molecule has 0 aliphatic carbocycles. The average molecular weight is 235 g/mol. The van der Waals surface area contributed by atoms with Crippen LogP contribution in [-0.4, -0.2) is 30.8 Å². The number of pyridine rings is 1. The van der Waals surface area contributed by atoms with Crippen LogP contribution in [0.4, 0.5) is 5.82 Å². The molecule has 4 heteroatoms. The second-order valence-corrected chi connectivity index (χ2v) is 4.72. The van der Waals surface area contributed by atoms with E-state index in [0.717, 1.165) is 37.5 Å². The summed E-state index contributed by atoms with van der Waals surface area (Å²) in [4.78, 5) is 6.77. The highest BCUT2D eigenvalue weighted by Crippen LogP contribution is 2.17. The number of rotatable bonds is 2. The Morgan fingerprint density at radius 1 is 1.53 bits per heavy atom. The van der Waals surface area contributed by atoms with Gasteiger partial charge in [-0.3, -0.25) is 0 Å². The quantitative estimate of drug-likeness (QED) is 0.848. The second kappa shape index (κ2) is 5.47. The summed E-state index contributed by atoms with van der Waals surface area (Å²) in [6.45, 7) is 6.84. The van der Waals surface area contributed by atoms with Crippen molar-refractivity contribution in [2.24, 2.45) is 5.73 Å². The summed E-state index contributed by atoms with van der Waals surface area (Å²) < 4.78 is 5.63. The number of hydrogen-bond acceptors (Lipinski definition) is 4. The fourth-order valence-electron chi connectivity index (χ4n) is 2.06. The van der Waals surface area contributed by atoms with E-state index in [0.29, 0.717) is 0 Å². The molecule has 2 atom stereocenters. The Bertz CT molecular complexity index is 350. The number of aromatic nitrogens is 1. The van der Waals surface area contributed by atoms with Gasteiger partial charge in [0.05, 0.1) is 6.10 Å². The van der Waals surface area contributed by atoms with E-state index >= 15 is 0 Å². The molecule has 1 aliphatic rings. The summed E-state index contributed by atoms with van der Waals surface area (Å²) in [5, 5.41) is 0. The molecule has 1 unspecified atom stereocenters. The highest BCUT2D eigenvalue weighted by Gasteiger charge is 2.16. The SMILES string of the molecule is CC1CN(c2ccc([C@@H](C)N)cn2)CCCO1. The lowest BCUT2D eigenvalue weighted by atomic mass is 10.1. The second-order valence-electron chi connectivity index (χ2n) is 4.72. The Hall–Kier alpha value is -1.13. The Balaban J connectivity index is 2.10. The van der Waals surface area contributed by atoms with Crippen LogP contribution in [0.3, 0.4) is 0 Å². The third-order valence-corrected chi connectivity index (χ3v) is 3.07. The zero-order chi connectivity index (χ0) is 12.3. The van der Waals surface area contributed by atoms with Gasteiger partial charge in [-0.15, -0.1) is 0 Å². The first kappa shape index (κ1) is 12.3. The Kier molecular flexibility index (Phi) is 3.97. The molecule has 1 fully saturated rings. The molecule has 17 heavy (non-hydrogen) atoms. The van der Waals surface area contributed by atoms with Crippen LogP contribution in [0.1, 0.15) is 31.9 Å². The van der Waals surface area contributed by atoms with Crippen molar-refractivity contribution >= 4 is 5.82 Å². The fourth-order valence-corrected chi connectivity index (χ4v) is 2.06. The third-order valence-electron chi connectivity index (χ3n) is 3.07. The number of anilines is 1. The molecule has 1 aliphatic heterocycles. The summed E-state index contributed by atoms with van der Waals surface area (Å²) in [6, 6.07) is 4.16. The van der Waals surface area contributed by atoms with Crippen molar-refractivity contribution in [1.29, 1.82) is 0 Å². The zero-order valence-electron chi connectivity index (χ0n) is 10.6. The van der Waals surface area contributed by atoms with E-state index in [-0.39, 0.29) is 12.1 Å². The predicted molar refractivity (Wildman–Crippen MR) is 69.1 cm³/mol. The maximum atomic E-state index is 5.82. The highest BCUT2D eigenvalue weighted by atomic mass is 16.5. The molecule has 1 aromatic heterocycles. The summed E-state index contributed by atoms with van der Waals surface area (Å²) in [5.41, 5.74) is 6.89. The van der Waals surface area contributed by atoms with E-state index in [1.165, 1.54) is 0 Å². The van der Waals surface area contributed by atoms with Crippen molar-refractivity contribution in [2.75, 3.05) is 24.6 Å². The first-order valence-corrected chi connectivity index (χ1v) is 6.25. The summed E-state index contributed by atoms with van der Waals surface area (Å²) >= 11 is 0. The fraction of sp³-hybridized carbons (Fsp3) is 0.615. The van der Waals surface area contributed by atoms with Crippen LogP contribution in [0, 0.1) is 0 Å². The first-order valence-electron chi connectivity index (χ1n) is 6.25. The molecule has 0 spiro atoms. The molecule has 0 saturated carbocycles. The molecule has 0 aromatic carbocycles. The maximum absolute atomic E-state index is 5.82. The van der Waals surface area contributed by atoms with Gasteiger partial charge in [0.15, 0.2) is 0 Å². The molecule has 2 heterocycles. The molecular weight excluding hydrogens is 214 g/mol. The van der Waals surface area contributed by atoms with E-state index < -0.39 is 0 Å². The molecular formula is C13H21N3O. The van der Waals surface area contributed by atoms with Crippen LogP contribution in [0.15, 0.2) is 18.3 Å². The van der Waals surface area contributed by atoms with Gasteiger partial charge in [-0.2, -0.15) is 0 Å². The Morgan fingerprint density at radius 3 is 3.00 bits per heavy atom. The lowest BCUT2D eigenvalue weighted by molar-refractivity contribution is 0.0820. The molecule has 94 valence electrons. The van der Waals surface area contributed by atoms with Gasteiger partial charge in [-0.05, 0) is 31.9 Å². The Labute approximate surface area is 103 Å². The van der Waals surface area contributed by atoms with Crippen molar-refractivity contribution < 1.29 is 4.74 Å². The molecule has 2 rings (SSSR count). The van der Waals surface area contributed by atoms with Crippen LogP contribution in [0.25, 0.3) is 0 Å². The van der Waals surface area contributed by atoms with Crippen molar-refractivity contribution in [3.8, 4) is 0 Å². The van der Waals surface area contributed by atoms with Gasteiger partial charge in [0.1, 0.15) is 5.82 Å². The van der Waals surface area contributed by atoms with Gasteiger partial charge in [0.25, 0.3) is 0 Å². The largest absolute Gasteiger partial charge is 0.377 e. The van der Waals surface area contributed by atoms with E-state index in [1.54, 1.807) is 0 Å². The number of hydrogen-bond donors (Lipinski definition) is 1. The average Bonchev–Trinajstić information content (AvgIpc) is 2.54. The minimum atomic E-state index is 0.0444. The molecule has 2 N–H and O–H groups in total. The Morgan fingerprint density at radius 2 is 2.35 bits per heavy atom. The van der Waals surface area contributed by atoms with Crippen molar-refractivity contribution in [3.05, 3.63) is 23.9 Å². The van der Waals surface area contributed by atoms with Gasteiger partial charge in [-0.25, -0.2) is 4.98 Å². The molecule has 0 bridgehead atoms. The van der Waals surface area contributed by atoms with Gasteiger partial charge < -0.3 is 15.4 Å². The van der Waals surface area contributed by atoms with E-state index in [2.05, 4.69) is 28.9 Å². The van der Waals surface area contributed by atoms with Gasteiger partial charge in [0.2, 0.25) is 0 Å². The van der Waals surface area contributed by atoms with Crippen LogP contribution >= 0.6 is 0 Å². The highest BCUT2D eigenvalue weighted by molar-refractivity contribution is 5.40. The van der Waals surface area contributed by atoms with Gasteiger partial charge in [-0.1, -0.05) is 6.07 Å². The summed E-state index contributed by atoms with van der Waals surface area (Å²) in [7, 11) is 0. The zero-order valence-corrected chi connectivity index (χ0v) is 10.6. The lowest BCUT2D eigenvalue weighted by Crippen LogP contribution is -2.30. The minimum Gasteiger partial charge on any atom is -0.377 e. The monoisotopic (exact) mass is 235 g/mol. The van der Waals surface area contributed by atoms with E-state index in [1.807, 2.05) is 13.1 Å². The number of nitrogens with two attached hydrogens (primary N) is 1. The molecule has 0 amide bonds. The normalized spacial score (nSPS) is 23.2. The third kappa shape index (κ3) is 3.17. The van der Waals surface area contributed by atoms with Crippen molar-refractivity contribution in [1.82, 2.24) is 4.98 Å². The number of ether oxygens (including phenoxy) is 1. The van der Waals surface area contributed by atoms with Gasteiger partial charge >= 0.3 is 0 Å². The maximum Gasteiger partial charge on any atom is 0.128 e. The first-order chi connectivity index (χ1) is 8.16. The minimum absolute atomic E-state index is 0.0444. The molecule has 4 nitrogen and oxygen atoms in total. The summed E-state index contributed by atoms with van der Waals surface area (Å²) in [6.07, 6.45) is 3.20. The van der Waals surface area contributed by atoms with Crippen LogP contribution in [0.5, 0.6) is 0 Å². The van der Waals surface area contributed by atoms with Crippen LogP contribution < -0.4 is 10.6 Å². The van der Waals surface area contributed by atoms with E-state index in [4.69, 9.17) is 10.5 Å².